The third kappa shape index (κ3) is 3.64. The van der Waals surface area contributed by atoms with Crippen LogP contribution in [-0.4, -0.2) is 35.3 Å². The summed E-state index contributed by atoms with van der Waals surface area (Å²) in [5, 5.41) is 10.2. The molecule has 0 aliphatic heterocycles. The molecule has 1 fully saturated rings. The minimum atomic E-state index is -0.259. The number of hydrogen-bond donors (Lipinski definition) is 2. The lowest BCUT2D eigenvalue weighted by molar-refractivity contribution is 0.0956. The van der Waals surface area contributed by atoms with Gasteiger partial charge >= 0.3 is 0 Å². The van der Waals surface area contributed by atoms with Crippen LogP contribution in [0.4, 0.5) is 0 Å². The van der Waals surface area contributed by atoms with Crippen LogP contribution in [0.1, 0.15) is 42.6 Å². The highest BCUT2D eigenvalue weighted by Crippen LogP contribution is 2.20. The van der Waals surface area contributed by atoms with Crippen LogP contribution >= 0.6 is 0 Å². The van der Waals surface area contributed by atoms with E-state index in [-0.39, 0.29) is 23.7 Å². The molecule has 1 saturated carbocycles. The summed E-state index contributed by atoms with van der Waals surface area (Å²) in [7, 11) is 1.55. The molecule has 1 amide bonds. The first kappa shape index (κ1) is 13.7. The van der Waals surface area contributed by atoms with Gasteiger partial charge in [-0.2, -0.15) is 0 Å². The molecule has 1 aliphatic rings. The Bertz CT molecular complexity index is 421. The summed E-state index contributed by atoms with van der Waals surface area (Å²) in [4.78, 5) is 11.3. The van der Waals surface area contributed by atoms with Crippen molar-refractivity contribution in [3.8, 4) is 5.88 Å². The fraction of sp³-hybridized carbons (Fsp3) is 0.615. The number of hydrogen-bond acceptors (Lipinski definition) is 5. The van der Waals surface area contributed by atoms with Crippen LogP contribution in [0.5, 0.6) is 5.88 Å². The van der Waals surface area contributed by atoms with Gasteiger partial charge in [0, 0.05) is 19.2 Å². The lowest BCUT2D eigenvalue weighted by Gasteiger charge is -2.21. The summed E-state index contributed by atoms with van der Waals surface area (Å²) >= 11 is 0. The van der Waals surface area contributed by atoms with Crippen molar-refractivity contribution in [2.45, 2.75) is 44.2 Å². The first-order valence-electron chi connectivity index (χ1n) is 6.69. The summed E-state index contributed by atoms with van der Waals surface area (Å²) in [6, 6.07) is 3.31. The maximum Gasteiger partial charge on any atom is 0.271 e. The van der Waals surface area contributed by atoms with Crippen molar-refractivity contribution in [3.63, 3.8) is 0 Å². The minimum absolute atomic E-state index is 0.0114. The molecule has 2 rings (SSSR count). The Labute approximate surface area is 112 Å². The van der Waals surface area contributed by atoms with E-state index in [9.17, 15) is 4.79 Å². The lowest BCUT2D eigenvalue weighted by Crippen LogP contribution is -2.38. The average Bonchev–Trinajstić information content (AvgIpc) is 2.64. The molecule has 0 radical (unpaired) electrons. The number of carbonyl (C=O) groups is 1. The van der Waals surface area contributed by atoms with Crippen LogP contribution in [0.2, 0.25) is 0 Å². The lowest BCUT2D eigenvalue weighted by atomic mass is 10.1. The van der Waals surface area contributed by atoms with Gasteiger partial charge in [-0.05, 0) is 25.3 Å². The van der Waals surface area contributed by atoms with Crippen molar-refractivity contribution in [1.29, 1.82) is 0 Å². The SMILES string of the molecule is CNC(=O)c1ccc(OC2CCCCCC2N)nn1. The number of amides is 1. The maximum atomic E-state index is 11.3. The number of aromatic nitrogens is 2. The Morgan fingerprint density at radius 1 is 1.32 bits per heavy atom. The normalized spacial score (nSPS) is 23.5. The molecule has 0 bridgehead atoms. The first-order valence-corrected chi connectivity index (χ1v) is 6.69. The van der Waals surface area contributed by atoms with Crippen LogP contribution in [0.15, 0.2) is 12.1 Å². The molecule has 3 N–H and O–H groups in total. The van der Waals surface area contributed by atoms with E-state index in [1.165, 1.54) is 6.42 Å². The Morgan fingerprint density at radius 3 is 2.79 bits per heavy atom. The second-order valence-electron chi connectivity index (χ2n) is 4.79. The summed E-state index contributed by atoms with van der Waals surface area (Å²) in [6.07, 6.45) is 5.40. The summed E-state index contributed by atoms with van der Waals surface area (Å²) in [6.45, 7) is 0. The predicted octanol–water partition coefficient (Wildman–Crippen LogP) is 0.875. The number of ether oxygens (including phenoxy) is 1. The second kappa shape index (κ2) is 6.47. The van der Waals surface area contributed by atoms with Gasteiger partial charge < -0.3 is 15.8 Å². The highest BCUT2D eigenvalue weighted by molar-refractivity contribution is 5.91. The number of nitrogens with zero attached hydrogens (tertiary/aromatic N) is 2. The number of nitrogens with one attached hydrogen (secondary N) is 1. The van der Waals surface area contributed by atoms with Crippen molar-refractivity contribution < 1.29 is 9.53 Å². The van der Waals surface area contributed by atoms with Gasteiger partial charge in [0.05, 0.1) is 0 Å². The van der Waals surface area contributed by atoms with Gasteiger partial charge in [0.15, 0.2) is 5.69 Å². The predicted molar refractivity (Wildman–Crippen MR) is 70.9 cm³/mol. The zero-order valence-electron chi connectivity index (χ0n) is 11.1. The summed E-state index contributed by atoms with van der Waals surface area (Å²) in [5.41, 5.74) is 6.37. The molecule has 6 nitrogen and oxygen atoms in total. The molecule has 2 atom stereocenters. The number of rotatable bonds is 3. The van der Waals surface area contributed by atoms with Crippen molar-refractivity contribution >= 4 is 5.91 Å². The van der Waals surface area contributed by atoms with E-state index in [0.29, 0.717) is 5.88 Å². The van der Waals surface area contributed by atoms with Gasteiger partial charge in [-0.3, -0.25) is 4.79 Å². The van der Waals surface area contributed by atoms with Gasteiger partial charge in [-0.15, -0.1) is 10.2 Å². The minimum Gasteiger partial charge on any atom is -0.472 e. The molecular formula is C13H20N4O2. The number of nitrogens with two attached hydrogens (primary N) is 1. The molecule has 1 aromatic heterocycles. The first-order chi connectivity index (χ1) is 9.20. The molecule has 1 aromatic rings. The Morgan fingerprint density at radius 2 is 2.11 bits per heavy atom. The molecule has 0 spiro atoms. The monoisotopic (exact) mass is 264 g/mol. The van der Waals surface area contributed by atoms with E-state index < -0.39 is 0 Å². The highest BCUT2D eigenvalue weighted by Gasteiger charge is 2.22. The quantitative estimate of drug-likeness (QED) is 0.791. The smallest absolute Gasteiger partial charge is 0.271 e. The molecule has 19 heavy (non-hydrogen) atoms. The molecule has 2 unspecified atom stereocenters. The Hall–Kier alpha value is -1.69. The van der Waals surface area contributed by atoms with Crippen molar-refractivity contribution in [3.05, 3.63) is 17.8 Å². The van der Waals surface area contributed by atoms with E-state index in [1.54, 1.807) is 19.2 Å². The van der Waals surface area contributed by atoms with Crippen LogP contribution in [0.3, 0.4) is 0 Å². The third-order valence-corrected chi connectivity index (χ3v) is 3.38. The van der Waals surface area contributed by atoms with Crippen molar-refractivity contribution in [1.82, 2.24) is 15.5 Å². The van der Waals surface area contributed by atoms with Crippen LogP contribution in [0.25, 0.3) is 0 Å². The standard InChI is InChI=1S/C13H20N4O2/c1-15-13(18)10-7-8-12(17-16-10)19-11-6-4-2-3-5-9(11)14/h7-9,11H,2-6,14H2,1H3,(H,15,18). The summed E-state index contributed by atoms with van der Waals surface area (Å²) < 4.78 is 5.79. The molecule has 1 aliphatic carbocycles. The van der Waals surface area contributed by atoms with E-state index in [4.69, 9.17) is 10.5 Å². The van der Waals surface area contributed by atoms with E-state index >= 15 is 0 Å². The molecule has 104 valence electrons. The summed E-state index contributed by atoms with van der Waals surface area (Å²) in [5.74, 6) is 0.167. The van der Waals surface area contributed by atoms with Gasteiger partial charge in [-0.25, -0.2) is 0 Å². The Kier molecular flexibility index (Phi) is 4.68. The topological polar surface area (TPSA) is 90.1 Å². The van der Waals surface area contributed by atoms with Crippen LogP contribution in [0, 0.1) is 0 Å². The zero-order valence-corrected chi connectivity index (χ0v) is 11.1. The van der Waals surface area contributed by atoms with Gasteiger partial charge in [0.2, 0.25) is 5.88 Å². The highest BCUT2D eigenvalue weighted by atomic mass is 16.5. The molecule has 1 heterocycles. The largest absolute Gasteiger partial charge is 0.472 e. The molecule has 0 saturated heterocycles. The third-order valence-electron chi connectivity index (χ3n) is 3.38. The molecular weight excluding hydrogens is 244 g/mol. The fourth-order valence-corrected chi connectivity index (χ4v) is 2.24. The van der Waals surface area contributed by atoms with Gasteiger partial charge in [-0.1, -0.05) is 12.8 Å². The van der Waals surface area contributed by atoms with Crippen molar-refractivity contribution in [2.24, 2.45) is 5.73 Å². The van der Waals surface area contributed by atoms with Gasteiger partial charge in [0.1, 0.15) is 6.10 Å². The zero-order chi connectivity index (χ0) is 13.7. The molecule has 6 heteroatoms. The van der Waals surface area contributed by atoms with E-state index in [2.05, 4.69) is 15.5 Å². The fourth-order valence-electron chi connectivity index (χ4n) is 2.24. The Balaban J connectivity index is 2.00. The van der Waals surface area contributed by atoms with E-state index in [1.807, 2.05) is 0 Å². The molecule has 0 aromatic carbocycles. The average molecular weight is 264 g/mol. The second-order valence-corrected chi connectivity index (χ2v) is 4.79. The van der Waals surface area contributed by atoms with Gasteiger partial charge in [0.25, 0.3) is 5.91 Å². The van der Waals surface area contributed by atoms with Crippen molar-refractivity contribution in [2.75, 3.05) is 7.05 Å². The number of carbonyl (C=O) groups excluding carboxylic acids is 1. The van der Waals surface area contributed by atoms with Crippen LogP contribution < -0.4 is 15.8 Å². The van der Waals surface area contributed by atoms with Crippen LogP contribution in [-0.2, 0) is 0 Å². The van der Waals surface area contributed by atoms with E-state index in [0.717, 1.165) is 25.7 Å². The maximum absolute atomic E-state index is 11.3.